The number of aromatic nitrogens is 3. The molecule has 5 atom stereocenters. The van der Waals surface area contributed by atoms with Crippen LogP contribution in [0.1, 0.15) is 39.6 Å². The highest BCUT2D eigenvalue weighted by atomic mass is 32.1. The largest absolute Gasteiger partial charge is 0.463 e. The topological polar surface area (TPSA) is 180 Å². The third-order valence-corrected chi connectivity index (χ3v) is 4.78. The van der Waals surface area contributed by atoms with Gasteiger partial charge < -0.3 is 29.5 Å². The zero-order chi connectivity index (χ0) is 25.0. The van der Waals surface area contributed by atoms with Gasteiger partial charge in [-0.25, -0.2) is 4.68 Å². The second-order valence-electron chi connectivity index (χ2n) is 7.08. The minimum atomic E-state index is -1.44. The Balaban J connectivity index is 2.70. The Bertz CT molecular complexity index is 1070. The van der Waals surface area contributed by atoms with Gasteiger partial charge in [0.15, 0.2) is 24.5 Å². The Labute approximate surface area is 192 Å². The summed E-state index contributed by atoms with van der Waals surface area (Å²) in [5.41, 5.74) is -0.749. The molecule has 15 heteroatoms. The van der Waals surface area contributed by atoms with Gasteiger partial charge in [0, 0.05) is 27.7 Å². The van der Waals surface area contributed by atoms with Gasteiger partial charge >= 0.3 is 23.9 Å². The predicted octanol–water partition coefficient (Wildman–Crippen LogP) is -0.948. The smallest absolute Gasteiger partial charge is 0.303 e. The molecule has 182 valence electrons. The van der Waals surface area contributed by atoms with Gasteiger partial charge in [-0.15, -0.1) is 0 Å². The van der Waals surface area contributed by atoms with Crippen molar-refractivity contribution >= 4 is 36.1 Å². The molecule has 1 aromatic heterocycles. The van der Waals surface area contributed by atoms with Gasteiger partial charge in [0.05, 0.1) is 0 Å². The molecule has 2 heterocycles. The van der Waals surface area contributed by atoms with E-state index in [4.69, 9.17) is 41.7 Å². The maximum absolute atomic E-state index is 12.1. The summed E-state index contributed by atoms with van der Waals surface area (Å²) in [5.74, 6) is 2.71. The number of rotatable bonds is 6. The van der Waals surface area contributed by atoms with E-state index in [2.05, 4.69) is 5.10 Å². The zero-order valence-electron chi connectivity index (χ0n) is 18.5. The molecule has 14 nitrogen and oxygen atoms in total. The van der Waals surface area contributed by atoms with Gasteiger partial charge in [-0.05, 0) is 19.1 Å². The van der Waals surface area contributed by atoms with Crippen molar-refractivity contribution in [3.05, 3.63) is 20.8 Å². The average molecular weight is 488 g/mol. The quantitative estimate of drug-likeness (QED) is 0.224. The summed E-state index contributed by atoms with van der Waals surface area (Å²) in [6, 6.07) is 0. The van der Waals surface area contributed by atoms with E-state index < -0.39 is 66.7 Å². The molecule has 0 unspecified atom stereocenters. The van der Waals surface area contributed by atoms with Gasteiger partial charge in [0.25, 0.3) is 5.56 Å². The lowest BCUT2D eigenvalue weighted by Gasteiger charge is -2.44. The lowest BCUT2D eigenvalue weighted by Crippen LogP contribution is -2.61. The van der Waals surface area contributed by atoms with Crippen molar-refractivity contribution in [3.63, 3.8) is 0 Å². The summed E-state index contributed by atoms with van der Waals surface area (Å²) in [4.78, 5) is 59.0. The first-order valence-electron chi connectivity index (χ1n) is 9.61. The number of hydrogen-bond acceptors (Lipinski definition) is 13. The molecule has 0 spiro atoms. The molecule has 1 fully saturated rings. The van der Waals surface area contributed by atoms with Gasteiger partial charge in [-0.1, -0.05) is 0 Å². The fourth-order valence-corrected chi connectivity index (χ4v) is 3.41. The SMILES string of the molecule is CC(=O)OC[C@H]1O[C@@H](n2nc(C)c(=O)n(N)c2=S)[C@H](OC(C)=O)[C@@H](OC(C)=O)[C@H]1OC(C)=O. The second-order valence-corrected chi connectivity index (χ2v) is 7.44. The summed E-state index contributed by atoms with van der Waals surface area (Å²) < 4.78 is 28.2. The summed E-state index contributed by atoms with van der Waals surface area (Å²) in [6.45, 7) is 5.37. The minimum Gasteiger partial charge on any atom is -0.463 e. The van der Waals surface area contributed by atoms with Crippen molar-refractivity contribution in [2.24, 2.45) is 0 Å². The molecule has 0 radical (unpaired) electrons. The number of nitrogens with two attached hydrogens (primary N) is 1. The van der Waals surface area contributed by atoms with Gasteiger partial charge in [0.1, 0.15) is 18.4 Å². The van der Waals surface area contributed by atoms with Crippen molar-refractivity contribution in [2.75, 3.05) is 12.4 Å². The fraction of sp³-hybridized carbons (Fsp3) is 0.611. The Morgan fingerprint density at radius 1 is 0.970 bits per heavy atom. The molecule has 0 saturated carbocycles. The molecular formula is C18H24N4O10S. The van der Waals surface area contributed by atoms with E-state index in [1.807, 2.05) is 0 Å². The molecule has 0 bridgehead atoms. The molecule has 1 aliphatic heterocycles. The van der Waals surface area contributed by atoms with Crippen LogP contribution in [0.25, 0.3) is 0 Å². The van der Waals surface area contributed by atoms with Gasteiger partial charge in [-0.3, -0.25) is 24.0 Å². The summed E-state index contributed by atoms with van der Waals surface area (Å²) in [6.07, 6.45) is -6.82. The molecular weight excluding hydrogens is 464 g/mol. The van der Waals surface area contributed by atoms with Crippen molar-refractivity contribution in [3.8, 4) is 0 Å². The van der Waals surface area contributed by atoms with Crippen LogP contribution in [-0.4, -0.2) is 69.4 Å². The average Bonchev–Trinajstić information content (AvgIpc) is 2.70. The highest BCUT2D eigenvalue weighted by Crippen LogP contribution is 2.34. The van der Waals surface area contributed by atoms with Crippen LogP contribution in [0.3, 0.4) is 0 Å². The number of carbonyl (C=O) groups is 4. The van der Waals surface area contributed by atoms with Crippen molar-refractivity contribution < 1.29 is 42.9 Å². The first kappa shape index (κ1) is 25.9. The van der Waals surface area contributed by atoms with Crippen molar-refractivity contribution in [1.29, 1.82) is 0 Å². The van der Waals surface area contributed by atoms with E-state index in [9.17, 15) is 24.0 Å². The molecule has 1 aromatic rings. The Morgan fingerprint density at radius 2 is 1.48 bits per heavy atom. The first-order chi connectivity index (χ1) is 15.3. The van der Waals surface area contributed by atoms with E-state index in [0.717, 1.165) is 32.4 Å². The van der Waals surface area contributed by atoms with Crippen molar-refractivity contribution in [2.45, 2.75) is 65.3 Å². The number of carbonyl (C=O) groups excluding carboxylic acids is 4. The minimum absolute atomic E-state index is 0.0704. The van der Waals surface area contributed by atoms with Crippen LogP contribution in [-0.2, 0) is 42.9 Å². The Morgan fingerprint density at radius 3 is 2.00 bits per heavy atom. The van der Waals surface area contributed by atoms with Crippen molar-refractivity contribution in [1.82, 2.24) is 14.5 Å². The van der Waals surface area contributed by atoms with E-state index in [1.54, 1.807) is 0 Å². The molecule has 0 amide bonds. The van der Waals surface area contributed by atoms with Gasteiger partial charge in [-0.2, -0.15) is 9.77 Å². The number of aryl methyl sites for hydroxylation is 1. The molecule has 1 aliphatic rings. The number of nitrogens with zero attached hydrogens (tertiary/aromatic N) is 3. The number of nitrogen functional groups attached to an aromatic ring is 1. The highest BCUT2D eigenvalue weighted by Gasteiger charge is 2.53. The summed E-state index contributed by atoms with van der Waals surface area (Å²) >= 11 is 5.20. The maximum Gasteiger partial charge on any atom is 0.303 e. The van der Waals surface area contributed by atoms with Crippen LogP contribution in [0.5, 0.6) is 0 Å². The number of esters is 4. The third-order valence-electron chi connectivity index (χ3n) is 4.40. The second kappa shape index (κ2) is 10.5. The maximum atomic E-state index is 12.1. The monoisotopic (exact) mass is 488 g/mol. The van der Waals surface area contributed by atoms with Gasteiger partial charge in [0.2, 0.25) is 4.77 Å². The van der Waals surface area contributed by atoms with E-state index >= 15 is 0 Å². The highest BCUT2D eigenvalue weighted by molar-refractivity contribution is 7.71. The normalized spacial score (nSPS) is 24.5. The first-order valence-corrected chi connectivity index (χ1v) is 10.0. The Hall–Kier alpha value is -3.33. The van der Waals surface area contributed by atoms with Crippen LogP contribution in [0.4, 0.5) is 0 Å². The predicted molar refractivity (Wildman–Crippen MR) is 109 cm³/mol. The van der Waals surface area contributed by atoms with Crippen LogP contribution >= 0.6 is 12.2 Å². The molecule has 2 N–H and O–H groups in total. The molecule has 0 aromatic carbocycles. The number of hydrogen-bond donors (Lipinski definition) is 1. The summed E-state index contributed by atoms with van der Waals surface area (Å²) in [7, 11) is 0. The lowest BCUT2D eigenvalue weighted by atomic mass is 9.97. The Kier molecular flexibility index (Phi) is 8.27. The third kappa shape index (κ3) is 6.13. The molecule has 0 aliphatic carbocycles. The van der Waals surface area contributed by atoms with Crippen LogP contribution in [0.2, 0.25) is 0 Å². The standard InChI is InChI=1S/C18H24N4O10S/c1-7-16(27)21(19)18(33)22(20-7)17-15(31-11(5)26)14(30-10(4)25)13(29-9(3)24)12(32-17)6-28-8(2)23/h12-15,17H,6,19H2,1-5H3/t12-,13+,14+,15-,17-/m1/s1. The number of ether oxygens (including phenoxy) is 5. The van der Waals surface area contributed by atoms with Crippen LogP contribution < -0.4 is 11.4 Å². The van der Waals surface area contributed by atoms with Crippen LogP contribution in [0, 0.1) is 11.7 Å². The lowest BCUT2D eigenvalue weighted by molar-refractivity contribution is -0.271. The van der Waals surface area contributed by atoms with Crippen LogP contribution in [0.15, 0.2) is 4.79 Å². The zero-order valence-corrected chi connectivity index (χ0v) is 19.3. The fourth-order valence-electron chi connectivity index (χ4n) is 3.19. The van der Waals surface area contributed by atoms with E-state index in [0.29, 0.717) is 4.68 Å². The summed E-state index contributed by atoms with van der Waals surface area (Å²) in [5, 5.41) is 4.07. The van der Waals surface area contributed by atoms with E-state index in [-0.39, 0.29) is 10.5 Å². The molecule has 2 rings (SSSR count). The molecule has 1 saturated heterocycles. The molecule has 33 heavy (non-hydrogen) atoms. The van der Waals surface area contributed by atoms with E-state index in [1.165, 1.54) is 6.92 Å².